The lowest BCUT2D eigenvalue weighted by molar-refractivity contribution is 0.0964. The molecule has 0 bridgehead atoms. The Morgan fingerprint density at radius 3 is 2.55 bits per heavy atom. The molecule has 1 unspecified atom stereocenters. The molecule has 5 rings (SSSR count). The summed E-state index contributed by atoms with van der Waals surface area (Å²) in [4.78, 5) is 17.8. The Bertz CT molecular complexity index is 1210. The maximum Gasteiger partial charge on any atom is 0.167 e. The highest BCUT2D eigenvalue weighted by Gasteiger charge is 2.31. The number of nitrogens with zero attached hydrogens (tertiary/aromatic N) is 3. The second-order valence-corrected chi connectivity index (χ2v) is 7.28. The van der Waals surface area contributed by atoms with Gasteiger partial charge in [-0.3, -0.25) is 4.79 Å². The molecule has 0 radical (unpaired) electrons. The minimum absolute atomic E-state index is 0.0456. The molecule has 6 heteroatoms. The summed E-state index contributed by atoms with van der Waals surface area (Å²) in [6, 6.07) is 17.7. The molecule has 2 aromatic heterocycles. The van der Waals surface area contributed by atoms with Crippen molar-refractivity contribution in [2.45, 2.75) is 18.8 Å². The van der Waals surface area contributed by atoms with Crippen LogP contribution < -0.4 is 10.5 Å². The summed E-state index contributed by atoms with van der Waals surface area (Å²) >= 11 is 0. The van der Waals surface area contributed by atoms with E-state index in [9.17, 15) is 4.79 Å². The van der Waals surface area contributed by atoms with Crippen molar-refractivity contribution < 1.29 is 9.53 Å². The van der Waals surface area contributed by atoms with Crippen LogP contribution in [0, 0.1) is 0 Å². The Balaban J connectivity index is 1.63. The normalized spacial score (nSPS) is 16.0. The summed E-state index contributed by atoms with van der Waals surface area (Å²) in [6.45, 7) is 0. The molecule has 1 atom stereocenters. The van der Waals surface area contributed by atoms with Crippen molar-refractivity contribution in [3.8, 4) is 11.4 Å². The fraction of sp³-hybridized carbons (Fsp3) is 0.174. The molecule has 6 nitrogen and oxygen atoms in total. The van der Waals surface area contributed by atoms with Crippen molar-refractivity contribution in [2.24, 2.45) is 0 Å². The molecule has 0 amide bonds. The predicted molar refractivity (Wildman–Crippen MR) is 112 cm³/mol. The van der Waals surface area contributed by atoms with Gasteiger partial charge in [-0.25, -0.2) is 9.67 Å². The number of rotatable bonds is 3. The Labute approximate surface area is 167 Å². The number of ether oxygens (including phenoxy) is 1. The SMILES string of the molecule is COc1ccc(-n2ncc3c(N)c4c(nc32)CC(c2ccccc2)CC4=O)cc1. The van der Waals surface area contributed by atoms with Crippen LogP contribution >= 0.6 is 0 Å². The molecule has 0 saturated carbocycles. The van der Waals surface area contributed by atoms with Gasteiger partial charge in [0.25, 0.3) is 0 Å². The molecule has 2 heterocycles. The highest BCUT2D eigenvalue weighted by Crippen LogP contribution is 2.37. The van der Waals surface area contributed by atoms with Crippen molar-refractivity contribution in [3.63, 3.8) is 0 Å². The van der Waals surface area contributed by atoms with E-state index in [-0.39, 0.29) is 11.7 Å². The van der Waals surface area contributed by atoms with E-state index in [0.29, 0.717) is 35.1 Å². The van der Waals surface area contributed by atoms with Crippen LogP contribution in [0.3, 0.4) is 0 Å². The van der Waals surface area contributed by atoms with Crippen LogP contribution in [0.4, 0.5) is 5.69 Å². The summed E-state index contributed by atoms with van der Waals surface area (Å²) in [5, 5.41) is 5.18. The first-order chi connectivity index (χ1) is 14.2. The van der Waals surface area contributed by atoms with Gasteiger partial charge in [0.2, 0.25) is 0 Å². The third-order valence-electron chi connectivity index (χ3n) is 5.57. The maximum absolute atomic E-state index is 12.9. The van der Waals surface area contributed by atoms with Gasteiger partial charge in [0, 0.05) is 6.42 Å². The summed E-state index contributed by atoms with van der Waals surface area (Å²) in [7, 11) is 1.63. The fourth-order valence-corrected chi connectivity index (χ4v) is 4.08. The van der Waals surface area contributed by atoms with Crippen LogP contribution in [-0.4, -0.2) is 27.7 Å². The first-order valence-electron chi connectivity index (χ1n) is 9.54. The largest absolute Gasteiger partial charge is 0.497 e. The van der Waals surface area contributed by atoms with Crippen LogP contribution in [0.5, 0.6) is 5.75 Å². The Hall–Kier alpha value is -3.67. The van der Waals surface area contributed by atoms with Crippen LogP contribution in [0.2, 0.25) is 0 Å². The number of fused-ring (bicyclic) bond motifs is 2. The minimum atomic E-state index is 0.0456. The quantitative estimate of drug-likeness (QED) is 0.579. The van der Waals surface area contributed by atoms with Crippen molar-refractivity contribution in [3.05, 3.63) is 77.6 Å². The average Bonchev–Trinajstić information content (AvgIpc) is 3.18. The van der Waals surface area contributed by atoms with E-state index >= 15 is 0 Å². The standard InChI is InChI=1S/C23H20N4O2/c1-29-17-9-7-16(8-10-17)27-23-18(13-25-27)22(24)21-19(26-23)11-15(12-20(21)28)14-5-3-2-4-6-14/h2-10,13,15H,11-12H2,1H3,(H2,24,26). The lowest BCUT2D eigenvalue weighted by Gasteiger charge is -2.24. The number of ketones is 1. The Morgan fingerprint density at radius 2 is 1.83 bits per heavy atom. The molecule has 29 heavy (non-hydrogen) atoms. The molecule has 4 aromatic rings. The van der Waals surface area contributed by atoms with Crippen LogP contribution in [0.15, 0.2) is 60.8 Å². The van der Waals surface area contributed by atoms with E-state index in [1.165, 1.54) is 0 Å². The number of pyridine rings is 1. The van der Waals surface area contributed by atoms with Crippen molar-refractivity contribution >= 4 is 22.5 Å². The maximum atomic E-state index is 12.9. The van der Waals surface area contributed by atoms with Gasteiger partial charge in [-0.05, 0) is 42.2 Å². The number of benzene rings is 2. The number of methoxy groups -OCH3 is 1. The molecule has 0 saturated heterocycles. The van der Waals surface area contributed by atoms with Gasteiger partial charge < -0.3 is 10.5 Å². The van der Waals surface area contributed by atoms with Crippen LogP contribution in [0.1, 0.15) is 34.0 Å². The van der Waals surface area contributed by atoms with E-state index in [2.05, 4.69) is 17.2 Å². The van der Waals surface area contributed by atoms with Gasteiger partial charge >= 0.3 is 0 Å². The van der Waals surface area contributed by atoms with Gasteiger partial charge in [0.05, 0.1) is 41.3 Å². The molecule has 2 aromatic carbocycles. The van der Waals surface area contributed by atoms with Gasteiger partial charge in [-0.2, -0.15) is 5.10 Å². The topological polar surface area (TPSA) is 83.0 Å². The number of aromatic nitrogens is 3. The van der Waals surface area contributed by atoms with E-state index in [0.717, 1.165) is 22.7 Å². The molecule has 144 valence electrons. The van der Waals surface area contributed by atoms with Crippen LogP contribution in [0.25, 0.3) is 16.7 Å². The summed E-state index contributed by atoms with van der Waals surface area (Å²) in [5.41, 5.74) is 10.9. The van der Waals surface area contributed by atoms with Gasteiger partial charge in [-0.1, -0.05) is 30.3 Å². The third-order valence-corrected chi connectivity index (χ3v) is 5.57. The zero-order valence-corrected chi connectivity index (χ0v) is 16.0. The molecule has 0 spiro atoms. The van der Waals surface area contributed by atoms with Gasteiger partial charge in [0.1, 0.15) is 5.75 Å². The lowest BCUT2D eigenvalue weighted by Crippen LogP contribution is -2.22. The van der Waals surface area contributed by atoms with Gasteiger partial charge in [-0.15, -0.1) is 0 Å². The number of hydrogen-bond donors (Lipinski definition) is 1. The summed E-state index contributed by atoms with van der Waals surface area (Å²) in [5.74, 6) is 0.925. The zero-order valence-electron chi connectivity index (χ0n) is 16.0. The summed E-state index contributed by atoms with van der Waals surface area (Å²) in [6.07, 6.45) is 2.80. The average molecular weight is 384 g/mol. The molecule has 1 aliphatic rings. The molecule has 0 fully saturated rings. The predicted octanol–water partition coefficient (Wildman–Crippen LogP) is 3.92. The molecule has 2 N–H and O–H groups in total. The summed E-state index contributed by atoms with van der Waals surface area (Å²) < 4.78 is 6.98. The smallest absolute Gasteiger partial charge is 0.167 e. The van der Waals surface area contributed by atoms with E-state index in [1.54, 1.807) is 18.0 Å². The number of nitrogen functional groups attached to an aromatic ring is 1. The monoisotopic (exact) mass is 384 g/mol. The zero-order chi connectivity index (χ0) is 20.0. The van der Waals surface area contributed by atoms with Crippen molar-refractivity contribution in [2.75, 3.05) is 12.8 Å². The van der Waals surface area contributed by atoms with Crippen LogP contribution in [-0.2, 0) is 6.42 Å². The first kappa shape index (κ1) is 17.4. The third kappa shape index (κ3) is 2.84. The molecular formula is C23H20N4O2. The number of anilines is 1. The Morgan fingerprint density at radius 1 is 1.07 bits per heavy atom. The van der Waals surface area contributed by atoms with Crippen molar-refractivity contribution in [1.82, 2.24) is 14.8 Å². The highest BCUT2D eigenvalue weighted by molar-refractivity contribution is 6.09. The van der Waals surface area contributed by atoms with E-state index in [4.69, 9.17) is 15.5 Å². The second kappa shape index (κ2) is 6.74. The fourth-order valence-electron chi connectivity index (χ4n) is 4.08. The highest BCUT2D eigenvalue weighted by atomic mass is 16.5. The number of nitrogens with two attached hydrogens (primary N) is 1. The molecule has 0 aliphatic heterocycles. The minimum Gasteiger partial charge on any atom is -0.497 e. The molecule has 1 aliphatic carbocycles. The first-order valence-corrected chi connectivity index (χ1v) is 9.54. The number of hydrogen-bond acceptors (Lipinski definition) is 5. The van der Waals surface area contributed by atoms with Gasteiger partial charge in [0.15, 0.2) is 11.4 Å². The number of carbonyl (C=O) groups excluding carboxylic acids is 1. The lowest BCUT2D eigenvalue weighted by atomic mass is 9.81. The van der Waals surface area contributed by atoms with Crippen molar-refractivity contribution in [1.29, 1.82) is 0 Å². The number of Topliss-reactive ketones (excluding diaryl/α,β-unsaturated/α-hetero) is 1. The van der Waals surface area contributed by atoms with E-state index in [1.807, 2.05) is 42.5 Å². The van der Waals surface area contributed by atoms with E-state index < -0.39 is 0 Å². The molecular weight excluding hydrogens is 364 g/mol. The number of carbonyl (C=O) groups is 1. The Kier molecular flexibility index (Phi) is 4.05. The second-order valence-electron chi connectivity index (χ2n) is 7.28.